The minimum Gasteiger partial charge on any atom is -0.494 e. The predicted molar refractivity (Wildman–Crippen MR) is 108 cm³/mol. The molecule has 0 fully saturated rings. The predicted octanol–water partition coefficient (Wildman–Crippen LogP) is 4.60. The van der Waals surface area contributed by atoms with E-state index in [0.717, 1.165) is 5.56 Å². The third kappa shape index (κ3) is 6.49. The highest BCUT2D eigenvalue weighted by Gasteiger charge is 2.07. The SMILES string of the molecule is CCOc1ccc(Oc2ccc(/C=C/[C@H](C)NC(=O)N(C)C)cn2)c(Cl)c1. The topological polar surface area (TPSA) is 63.7 Å². The summed E-state index contributed by atoms with van der Waals surface area (Å²) in [7, 11) is 3.40. The summed E-state index contributed by atoms with van der Waals surface area (Å²) in [6.07, 6.45) is 5.47. The standard InChI is InChI=1S/C20H24ClN3O3/c1-5-26-16-9-10-18(17(21)12-16)27-19-11-8-15(13-22-19)7-6-14(2)23-20(25)24(3)4/h6-14H,5H2,1-4H3,(H,23,25)/b7-6+/t14-/m0/s1. The summed E-state index contributed by atoms with van der Waals surface area (Å²) in [5, 5.41) is 3.30. The second kappa shape index (κ2) is 9.83. The maximum Gasteiger partial charge on any atom is 0.317 e. The molecule has 0 unspecified atom stereocenters. The van der Waals surface area contributed by atoms with Crippen LogP contribution in [0, 0.1) is 0 Å². The molecule has 0 saturated heterocycles. The number of urea groups is 1. The first-order chi connectivity index (χ1) is 12.9. The largest absolute Gasteiger partial charge is 0.494 e. The fourth-order valence-corrected chi connectivity index (χ4v) is 2.32. The molecule has 7 heteroatoms. The van der Waals surface area contributed by atoms with Gasteiger partial charge in [-0.15, -0.1) is 0 Å². The molecule has 1 heterocycles. The molecule has 144 valence electrons. The van der Waals surface area contributed by atoms with Gasteiger partial charge in [0.15, 0.2) is 0 Å². The molecule has 2 aromatic rings. The smallest absolute Gasteiger partial charge is 0.317 e. The van der Waals surface area contributed by atoms with Crippen LogP contribution in [0.5, 0.6) is 17.4 Å². The zero-order valence-corrected chi connectivity index (χ0v) is 16.7. The fraction of sp³-hybridized carbons (Fsp3) is 0.300. The molecule has 2 amide bonds. The van der Waals surface area contributed by atoms with Gasteiger partial charge in [0.2, 0.25) is 5.88 Å². The van der Waals surface area contributed by atoms with Crippen LogP contribution in [0.4, 0.5) is 4.79 Å². The fourth-order valence-electron chi connectivity index (χ4n) is 2.11. The van der Waals surface area contributed by atoms with Gasteiger partial charge < -0.3 is 19.7 Å². The quantitative estimate of drug-likeness (QED) is 0.751. The van der Waals surface area contributed by atoms with Crippen LogP contribution in [0.25, 0.3) is 6.08 Å². The number of hydrogen-bond acceptors (Lipinski definition) is 4. The van der Waals surface area contributed by atoms with Crippen molar-refractivity contribution in [1.29, 1.82) is 0 Å². The number of aromatic nitrogens is 1. The Kier molecular flexibility index (Phi) is 7.49. The summed E-state index contributed by atoms with van der Waals surface area (Å²) < 4.78 is 11.1. The van der Waals surface area contributed by atoms with Crippen molar-refractivity contribution in [2.24, 2.45) is 0 Å². The highest BCUT2D eigenvalue weighted by atomic mass is 35.5. The number of rotatable bonds is 7. The van der Waals surface area contributed by atoms with Gasteiger partial charge in [0.1, 0.15) is 11.5 Å². The number of benzene rings is 1. The molecule has 0 radical (unpaired) electrons. The first-order valence-electron chi connectivity index (χ1n) is 8.61. The van der Waals surface area contributed by atoms with Crippen LogP contribution in [0.3, 0.4) is 0 Å². The molecule has 0 spiro atoms. The van der Waals surface area contributed by atoms with Crippen LogP contribution in [0.2, 0.25) is 5.02 Å². The first kappa shape index (κ1) is 20.6. The molecule has 1 N–H and O–H groups in total. The van der Waals surface area contributed by atoms with E-state index in [4.69, 9.17) is 21.1 Å². The number of pyridine rings is 1. The Balaban J connectivity index is 1.97. The Labute approximate surface area is 164 Å². The summed E-state index contributed by atoms with van der Waals surface area (Å²) in [6.45, 7) is 4.39. The number of ether oxygens (including phenoxy) is 2. The van der Waals surface area contributed by atoms with Crippen LogP contribution in [-0.4, -0.2) is 42.7 Å². The molecule has 6 nitrogen and oxygen atoms in total. The molecule has 0 aliphatic carbocycles. The van der Waals surface area contributed by atoms with Gasteiger partial charge in [-0.25, -0.2) is 9.78 Å². The summed E-state index contributed by atoms with van der Waals surface area (Å²) in [4.78, 5) is 17.4. The van der Waals surface area contributed by atoms with E-state index < -0.39 is 0 Å². The van der Waals surface area contributed by atoms with E-state index in [9.17, 15) is 4.79 Å². The van der Waals surface area contributed by atoms with Gasteiger partial charge in [0.25, 0.3) is 0 Å². The lowest BCUT2D eigenvalue weighted by Crippen LogP contribution is -2.39. The molecule has 0 bridgehead atoms. The first-order valence-corrected chi connectivity index (χ1v) is 8.99. The van der Waals surface area contributed by atoms with Gasteiger partial charge in [-0.2, -0.15) is 0 Å². The number of hydrogen-bond donors (Lipinski definition) is 1. The third-order valence-corrected chi connectivity index (χ3v) is 3.82. The van der Waals surface area contributed by atoms with E-state index in [0.29, 0.717) is 29.0 Å². The van der Waals surface area contributed by atoms with Crippen molar-refractivity contribution in [1.82, 2.24) is 15.2 Å². The van der Waals surface area contributed by atoms with Crippen molar-refractivity contribution in [2.45, 2.75) is 19.9 Å². The van der Waals surface area contributed by atoms with Gasteiger partial charge in [-0.3, -0.25) is 0 Å². The molecule has 0 saturated carbocycles. The molecule has 27 heavy (non-hydrogen) atoms. The third-order valence-electron chi connectivity index (χ3n) is 3.52. The summed E-state index contributed by atoms with van der Waals surface area (Å²) in [5.41, 5.74) is 0.895. The lowest BCUT2D eigenvalue weighted by atomic mass is 10.2. The normalized spacial score (nSPS) is 11.9. The molecule has 1 atom stereocenters. The maximum atomic E-state index is 11.6. The molecule has 2 rings (SSSR count). The lowest BCUT2D eigenvalue weighted by molar-refractivity contribution is 0.216. The summed E-state index contributed by atoms with van der Waals surface area (Å²) >= 11 is 6.21. The van der Waals surface area contributed by atoms with Gasteiger partial charge in [0, 0.05) is 38.5 Å². The molecular formula is C20H24ClN3O3. The Bertz CT molecular complexity index is 792. The highest BCUT2D eigenvalue weighted by molar-refractivity contribution is 6.32. The second-order valence-corrected chi connectivity index (χ2v) is 6.46. The zero-order chi connectivity index (χ0) is 19.8. The molecular weight excluding hydrogens is 366 g/mol. The molecule has 1 aromatic heterocycles. The lowest BCUT2D eigenvalue weighted by Gasteiger charge is -2.15. The Morgan fingerprint density at radius 3 is 2.70 bits per heavy atom. The van der Waals surface area contributed by atoms with Crippen molar-refractivity contribution in [3.8, 4) is 17.4 Å². The average molecular weight is 390 g/mol. The molecule has 0 aliphatic rings. The van der Waals surface area contributed by atoms with Crippen molar-refractivity contribution >= 4 is 23.7 Å². The van der Waals surface area contributed by atoms with Gasteiger partial charge in [-0.05, 0) is 37.6 Å². The minimum atomic E-state index is -0.138. The van der Waals surface area contributed by atoms with E-state index in [1.165, 1.54) is 4.90 Å². The number of nitrogens with zero attached hydrogens (tertiary/aromatic N) is 2. The van der Waals surface area contributed by atoms with E-state index in [-0.39, 0.29) is 12.1 Å². The van der Waals surface area contributed by atoms with Crippen molar-refractivity contribution in [3.05, 3.63) is 53.2 Å². The zero-order valence-electron chi connectivity index (χ0n) is 15.9. The van der Waals surface area contributed by atoms with Crippen molar-refractivity contribution < 1.29 is 14.3 Å². The number of halogens is 1. The molecule has 1 aromatic carbocycles. The minimum absolute atomic E-state index is 0.0986. The van der Waals surface area contributed by atoms with Crippen LogP contribution in [0.1, 0.15) is 19.4 Å². The van der Waals surface area contributed by atoms with Gasteiger partial charge >= 0.3 is 6.03 Å². The van der Waals surface area contributed by atoms with Crippen molar-refractivity contribution in [3.63, 3.8) is 0 Å². The summed E-state index contributed by atoms with van der Waals surface area (Å²) in [6, 6.07) is 8.65. The summed E-state index contributed by atoms with van der Waals surface area (Å²) in [5.74, 6) is 1.64. The van der Waals surface area contributed by atoms with Crippen LogP contribution in [-0.2, 0) is 0 Å². The number of amides is 2. The van der Waals surface area contributed by atoms with E-state index in [1.54, 1.807) is 44.6 Å². The Morgan fingerprint density at radius 2 is 2.11 bits per heavy atom. The van der Waals surface area contributed by atoms with Crippen LogP contribution >= 0.6 is 11.6 Å². The van der Waals surface area contributed by atoms with E-state index in [1.807, 2.05) is 32.1 Å². The van der Waals surface area contributed by atoms with E-state index in [2.05, 4.69) is 10.3 Å². The molecule has 0 aliphatic heterocycles. The van der Waals surface area contributed by atoms with E-state index >= 15 is 0 Å². The maximum absolute atomic E-state index is 11.6. The highest BCUT2D eigenvalue weighted by Crippen LogP contribution is 2.31. The Hall–Kier alpha value is -2.73. The number of carbonyl (C=O) groups excluding carboxylic acids is 1. The van der Waals surface area contributed by atoms with Crippen molar-refractivity contribution in [2.75, 3.05) is 20.7 Å². The van der Waals surface area contributed by atoms with Crippen LogP contribution in [0.15, 0.2) is 42.6 Å². The van der Waals surface area contributed by atoms with Gasteiger partial charge in [0.05, 0.1) is 11.6 Å². The number of carbonyl (C=O) groups is 1. The monoisotopic (exact) mass is 389 g/mol. The number of nitrogens with one attached hydrogen (secondary N) is 1. The average Bonchev–Trinajstić information content (AvgIpc) is 2.63. The van der Waals surface area contributed by atoms with Gasteiger partial charge in [-0.1, -0.05) is 23.8 Å². The Morgan fingerprint density at radius 1 is 1.33 bits per heavy atom. The van der Waals surface area contributed by atoms with Crippen LogP contribution < -0.4 is 14.8 Å². The second-order valence-electron chi connectivity index (χ2n) is 6.05.